The predicted octanol–water partition coefficient (Wildman–Crippen LogP) is 3.14. The highest BCUT2D eigenvalue weighted by Gasteiger charge is 2.19. The van der Waals surface area contributed by atoms with E-state index in [9.17, 15) is 4.39 Å². The number of hydrogen-bond donors (Lipinski definition) is 0. The zero-order chi connectivity index (χ0) is 16.5. The quantitative estimate of drug-likeness (QED) is 0.741. The van der Waals surface area contributed by atoms with Crippen molar-refractivity contribution in [2.75, 3.05) is 6.54 Å². The summed E-state index contributed by atoms with van der Waals surface area (Å²) < 4.78 is 18.4. The van der Waals surface area contributed by atoms with Crippen LogP contribution in [-0.4, -0.2) is 26.6 Å². The lowest BCUT2D eigenvalue weighted by Gasteiger charge is -2.26. The molecule has 5 nitrogen and oxygen atoms in total. The standard InChI is InChI=1S/C18H17FN4O/c1-12-20-9-14-10-23(7-6-17(14)21-12)11-16-8-18(24-22-16)13-2-4-15(19)5-3-13/h2-5,8-9H,6-7,10-11H2,1H3. The van der Waals surface area contributed by atoms with Gasteiger partial charge in [-0.3, -0.25) is 4.90 Å². The fraction of sp³-hybridized carbons (Fsp3) is 0.278. The molecule has 1 aliphatic heterocycles. The van der Waals surface area contributed by atoms with Crippen LogP contribution in [0.3, 0.4) is 0 Å². The lowest BCUT2D eigenvalue weighted by atomic mass is 10.1. The van der Waals surface area contributed by atoms with Gasteiger partial charge in [0.05, 0.1) is 5.69 Å². The highest BCUT2D eigenvalue weighted by atomic mass is 19.1. The largest absolute Gasteiger partial charge is 0.356 e. The molecule has 0 unspecified atom stereocenters. The summed E-state index contributed by atoms with van der Waals surface area (Å²) in [6, 6.07) is 8.13. The first-order chi connectivity index (χ1) is 11.7. The molecule has 0 bridgehead atoms. The first-order valence-corrected chi connectivity index (χ1v) is 7.93. The number of aryl methyl sites for hydroxylation is 1. The summed E-state index contributed by atoms with van der Waals surface area (Å²) >= 11 is 0. The third kappa shape index (κ3) is 3.05. The van der Waals surface area contributed by atoms with E-state index in [4.69, 9.17) is 4.52 Å². The maximum absolute atomic E-state index is 13.0. The van der Waals surface area contributed by atoms with Gasteiger partial charge in [0, 0.05) is 55.1 Å². The summed E-state index contributed by atoms with van der Waals surface area (Å²) in [5.74, 6) is 1.21. The topological polar surface area (TPSA) is 55.1 Å². The summed E-state index contributed by atoms with van der Waals surface area (Å²) in [7, 11) is 0. The van der Waals surface area contributed by atoms with Gasteiger partial charge in [-0.1, -0.05) is 5.16 Å². The van der Waals surface area contributed by atoms with E-state index in [1.54, 1.807) is 12.1 Å². The van der Waals surface area contributed by atoms with E-state index in [0.717, 1.165) is 42.3 Å². The van der Waals surface area contributed by atoms with Gasteiger partial charge < -0.3 is 4.52 Å². The molecule has 4 rings (SSSR count). The normalized spacial score (nSPS) is 14.6. The SMILES string of the molecule is Cc1ncc2c(n1)CCN(Cc1cc(-c3ccc(F)cc3)on1)C2. The molecule has 0 fully saturated rings. The lowest BCUT2D eigenvalue weighted by molar-refractivity contribution is 0.235. The second-order valence-corrected chi connectivity index (χ2v) is 6.04. The molecule has 0 aliphatic carbocycles. The Hall–Kier alpha value is -2.60. The van der Waals surface area contributed by atoms with Crippen molar-refractivity contribution in [3.05, 3.63) is 65.1 Å². The van der Waals surface area contributed by atoms with Gasteiger partial charge in [-0.2, -0.15) is 0 Å². The minimum Gasteiger partial charge on any atom is -0.356 e. The third-order valence-electron chi connectivity index (χ3n) is 4.21. The molecule has 3 heterocycles. The Morgan fingerprint density at radius 3 is 2.92 bits per heavy atom. The monoisotopic (exact) mass is 324 g/mol. The Balaban J connectivity index is 1.47. The number of benzene rings is 1. The van der Waals surface area contributed by atoms with Crippen molar-refractivity contribution in [3.8, 4) is 11.3 Å². The lowest BCUT2D eigenvalue weighted by Crippen LogP contribution is -2.31. The van der Waals surface area contributed by atoms with Gasteiger partial charge in [0.15, 0.2) is 5.76 Å². The number of halogens is 1. The van der Waals surface area contributed by atoms with Gasteiger partial charge in [0.2, 0.25) is 0 Å². The van der Waals surface area contributed by atoms with Gasteiger partial charge >= 0.3 is 0 Å². The van der Waals surface area contributed by atoms with Crippen LogP contribution < -0.4 is 0 Å². The molecule has 24 heavy (non-hydrogen) atoms. The van der Waals surface area contributed by atoms with Crippen LogP contribution in [0.2, 0.25) is 0 Å². The minimum atomic E-state index is -0.261. The van der Waals surface area contributed by atoms with Gasteiger partial charge in [0.25, 0.3) is 0 Å². The zero-order valence-corrected chi connectivity index (χ0v) is 13.4. The summed E-state index contributed by atoms with van der Waals surface area (Å²) in [6.07, 6.45) is 2.83. The first-order valence-electron chi connectivity index (χ1n) is 7.93. The van der Waals surface area contributed by atoms with Crippen LogP contribution in [0, 0.1) is 12.7 Å². The predicted molar refractivity (Wildman–Crippen MR) is 86.5 cm³/mol. The second kappa shape index (κ2) is 6.13. The Kier molecular flexibility index (Phi) is 3.82. The molecular formula is C18H17FN4O. The summed E-state index contributed by atoms with van der Waals surface area (Å²) in [5, 5.41) is 4.14. The van der Waals surface area contributed by atoms with E-state index in [2.05, 4.69) is 20.0 Å². The molecule has 2 aromatic heterocycles. The van der Waals surface area contributed by atoms with Crippen LogP contribution in [0.15, 0.2) is 41.1 Å². The molecule has 6 heteroatoms. The Labute approximate surface area is 139 Å². The Morgan fingerprint density at radius 1 is 1.25 bits per heavy atom. The molecule has 122 valence electrons. The molecule has 0 spiro atoms. The maximum Gasteiger partial charge on any atom is 0.167 e. The van der Waals surface area contributed by atoms with Crippen LogP contribution in [0.4, 0.5) is 4.39 Å². The average Bonchev–Trinajstić information content (AvgIpc) is 3.04. The van der Waals surface area contributed by atoms with Crippen molar-refractivity contribution in [1.82, 2.24) is 20.0 Å². The molecule has 1 aromatic carbocycles. The fourth-order valence-corrected chi connectivity index (χ4v) is 2.97. The van der Waals surface area contributed by atoms with E-state index >= 15 is 0 Å². The molecule has 0 radical (unpaired) electrons. The van der Waals surface area contributed by atoms with Crippen molar-refractivity contribution in [2.45, 2.75) is 26.4 Å². The van der Waals surface area contributed by atoms with Gasteiger partial charge in [-0.05, 0) is 31.2 Å². The molecule has 0 amide bonds. The number of fused-ring (bicyclic) bond motifs is 1. The number of aromatic nitrogens is 3. The Morgan fingerprint density at radius 2 is 2.08 bits per heavy atom. The minimum absolute atomic E-state index is 0.261. The van der Waals surface area contributed by atoms with Crippen molar-refractivity contribution in [3.63, 3.8) is 0 Å². The summed E-state index contributed by atoms with van der Waals surface area (Å²) in [4.78, 5) is 11.1. The number of rotatable bonds is 3. The molecular weight excluding hydrogens is 307 g/mol. The molecule has 3 aromatic rings. The van der Waals surface area contributed by atoms with Crippen LogP contribution >= 0.6 is 0 Å². The van der Waals surface area contributed by atoms with Crippen molar-refractivity contribution in [1.29, 1.82) is 0 Å². The average molecular weight is 324 g/mol. The van der Waals surface area contributed by atoms with Crippen molar-refractivity contribution in [2.24, 2.45) is 0 Å². The third-order valence-corrected chi connectivity index (χ3v) is 4.21. The van der Waals surface area contributed by atoms with E-state index in [1.165, 1.54) is 17.7 Å². The van der Waals surface area contributed by atoms with Crippen LogP contribution in [-0.2, 0) is 19.5 Å². The number of hydrogen-bond acceptors (Lipinski definition) is 5. The summed E-state index contributed by atoms with van der Waals surface area (Å²) in [6.45, 7) is 4.37. The van der Waals surface area contributed by atoms with E-state index < -0.39 is 0 Å². The zero-order valence-electron chi connectivity index (χ0n) is 13.4. The van der Waals surface area contributed by atoms with Gasteiger partial charge in [-0.15, -0.1) is 0 Å². The molecule has 0 atom stereocenters. The van der Waals surface area contributed by atoms with E-state index in [1.807, 2.05) is 19.2 Å². The van der Waals surface area contributed by atoms with Crippen molar-refractivity contribution >= 4 is 0 Å². The van der Waals surface area contributed by atoms with E-state index in [0.29, 0.717) is 12.3 Å². The fourth-order valence-electron chi connectivity index (χ4n) is 2.97. The summed E-state index contributed by atoms with van der Waals surface area (Å²) in [5.41, 5.74) is 4.01. The van der Waals surface area contributed by atoms with Crippen LogP contribution in [0.1, 0.15) is 22.8 Å². The highest BCUT2D eigenvalue weighted by molar-refractivity contribution is 5.57. The molecule has 0 saturated heterocycles. The van der Waals surface area contributed by atoms with Crippen molar-refractivity contribution < 1.29 is 8.91 Å². The molecule has 0 N–H and O–H groups in total. The maximum atomic E-state index is 13.0. The number of nitrogens with zero attached hydrogens (tertiary/aromatic N) is 4. The van der Waals surface area contributed by atoms with Gasteiger partial charge in [0.1, 0.15) is 11.6 Å². The second-order valence-electron chi connectivity index (χ2n) is 6.04. The van der Waals surface area contributed by atoms with Crippen LogP contribution in [0.25, 0.3) is 11.3 Å². The molecule has 1 aliphatic rings. The first kappa shape index (κ1) is 15.0. The molecule has 0 saturated carbocycles. The highest BCUT2D eigenvalue weighted by Crippen LogP contribution is 2.23. The Bertz CT molecular complexity index is 860. The van der Waals surface area contributed by atoms with E-state index in [-0.39, 0.29) is 5.82 Å². The smallest absolute Gasteiger partial charge is 0.167 e. The van der Waals surface area contributed by atoms with Crippen LogP contribution in [0.5, 0.6) is 0 Å². The van der Waals surface area contributed by atoms with Gasteiger partial charge in [-0.25, -0.2) is 14.4 Å².